The molecule has 0 saturated carbocycles. The van der Waals surface area contributed by atoms with Gasteiger partial charge in [0.05, 0.1) is 26.2 Å². The summed E-state index contributed by atoms with van der Waals surface area (Å²) in [5.41, 5.74) is 0.883. The number of carbonyl (C=O) groups excluding carboxylic acids is 2. The number of nitrogens with zero attached hydrogens (tertiary/aromatic N) is 2. The number of rotatable bonds is 13. The Morgan fingerprint density at radius 2 is 1.83 bits per heavy atom. The average Bonchev–Trinajstić information content (AvgIpc) is 2.84. The van der Waals surface area contributed by atoms with Crippen molar-refractivity contribution in [2.75, 3.05) is 37.9 Å². The summed E-state index contributed by atoms with van der Waals surface area (Å²) < 4.78 is 37.0. The minimum atomic E-state index is -3.90. The van der Waals surface area contributed by atoms with E-state index in [-0.39, 0.29) is 23.9 Å². The van der Waals surface area contributed by atoms with Crippen molar-refractivity contribution in [1.29, 1.82) is 0 Å². The van der Waals surface area contributed by atoms with E-state index < -0.39 is 28.5 Å². The van der Waals surface area contributed by atoms with Crippen LogP contribution in [0.3, 0.4) is 0 Å². The second-order valence-corrected chi connectivity index (χ2v) is 10.6. The average molecular weight is 540 g/mol. The van der Waals surface area contributed by atoms with E-state index in [1.54, 1.807) is 37.3 Å². The molecule has 2 amide bonds. The van der Waals surface area contributed by atoms with Crippen LogP contribution in [0.5, 0.6) is 11.5 Å². The number of benzene rings is 2. The molecule has 0 aliphatic carbocycles. The number of methoxy groups -OCH3 is 2. The van der Waals surface area contributed by atoms with Gasteiger partial charge in [0.25, 0.3) is 0 Å². The van der Waals surface area contributed by atoms with E-state index in [1.807, 2.05) is 6.92 Å². The van der Waals surface area contributed by atoms with Gasteiger partial charge in [0.15, 0.2) is 0 Å². The van der Waals surface area contributed by atoms with Gasteiger partial charge in [-0.05, 0) is 43.2 Å². The summed E-state index contributed by atoms with van der Waals surface area (Å²) in [5.74, 6) is -0.196. The van der Waals surface area contributed by atoms with Gasteiger partial charge in [0.2, 0.25) is 21.8 Å². The monoisotopic (exact) mass is 539 g/mol. The zero-order valence-corrected chi connectivity index (χ0v) is 22.9. The zero-order valence-electron chi connectivity index (χ0n) is 21.3. The van der Waals surface area contributed by atoms with E-state index in [0.29, 0.717) is 22.9 Å². The number of amides is 2. The molecule has 2 aromatic carbocycles. The summed E-state index contributed by atoms with van der Waals surface area (Å²) in [6.45, 7) is 3.64. The zero-order chi connectivity index (χ0) is 26.9. The van der Waals surface area contributed by atoms with Crippen LogP contribution in [0.1, 0.15) is 32.3 Å². The highest BCUT2D eigenvalue weighted by molar-refractivity contribution is 7.92. The third-order valence-electron chi connectivity index (χ3n) is 5.57. The first-order valence-electron chi connectivity index (χ1n) is 11.5. The van der Waals surface area contributed by atoms with E-state index in [1.165, 1.54) is 31.3 Å². The van der Waals surface area contributed by atoms with Crippen LogP contribution < -0.4 is 19.1 Å². The molecule has 198 valence electrons. The van der Waals surface area contributed by atoms with Gasteiger partial charge in [-0.3, -0.25) is 13.9 Å². The first kappa shape index (κ1) is 29.3. The van der Waals surface area contributed by atoms with Crippen molar-refractivity contribution in [1.82, 2.24) is 10.2 Å². The Balaban J connectivity index is 2.42. The number of hydrogen-bond acceptors (Lipinski definition) is 6. The van der Waals surface area contributed by atoms with Crippen LogP contribution in [0.25, 0.3) is 0 Å². The molecule has 0 fully saturated rings. The second-order valence-electron chi connectivity index (χ2n) is 8.28. The van der Waals surface area contributed by atoms with Gasteiger partial charge in [0, 0.05) is 24.2 Å². The molecule has 0 aliphatic heterocycles. The van der Waals surface area contributed by atoms with Crippen LogP contribution in [0.15, 0.2) is 42.5 Å². The molecule has 0 radical (unpaired) electrons. The molecule has 0 bridgehead atoms. The van der Waals surface area contributed by atoms with Crippen LogP contribution in [-0.2, 0) is 26.2 Å². The summed E-state index contributed by atoms with van der Waals surface area (Å²) in [6.07, 6.45) is 2.72. The first-order chi connectivity index (χ1) is 17.0. The fourth-order valence-corrected chi connectivity index (χ4v) is 4.60. The Labute approximate surface area is 218 Å². The van der Waals surface area contributed by atoms with Gasteiger partial charge < -0.3 is 19.7 Å². The standard InChI is InChI=1S/C25H34ClN3O6S/c1-6-7-13-27-25(31)18(2)28(16-19-9-8-10-20(26)14-19)24(30)17-29(36(5,32)33)22-12-11-21(34-3)15-23(22)35-4/h8-12,14-15,18H,6-7,13,16-17H2,1-5H3,(H,27,31). The summed E-state index contributed by atoms with van der Waals surface area (Å²) in [4.78, 5) is 27.8. The molecule has 0 spiro atoms. The number of nitrogens with one attached hydrogen (secondary N) is 1. The number of ether oxygens (including phenoxy) is 2. The normalized spacial score (nSPS) is 11.9. The maximum Gasteiger partial charge on any atom is 0.244 e. The predicted molar refractivity (Wildman–Crippen MR) is 141 cm³/mol. The quantitative estimate of drug-likeness (QED) is 0.391. The third kappa shape index (κ3) is 8.03. The minimum Gasteiger partial charge on any atom is -0.497 e. The SMILES string of the molecule is CCCCNC(=O)C(C)N(Cc1cccc(Cl)c1)C(=O)CN(c1ccc(OC)cc1OC)S(C)(=O)=O. The maximum absolute atomic E-state index is 13.6. The molecule has 1 N–H and O–H groups in total. The molecular weight excluding hydrogens is 506 g/mol. The molecule has 0 saturated heterocycles. The predicted octanol–water partition coefficient (Wildman–Crippen LogP) is 3.46. The number of carbonyl (C=O) groups is 2. The van der Waals surface area contributed by atoms with Crippen LogP contribution in [-0.4, -0.2) is 64.7 Å². The first-order valence-corrected chi connectivity index (χ1v) is 13.8. The topological polar surface area (TPSA) is 105 Å². The van der Waals surface area contributed by atoms with Gasteiger partial charge in [0.1, 0.15) is 24.1 Å². The fourth-order valence-electron chi connectivity index (χ4n) is 3.54. The Kier molecular flexibility index (Phi) is 10.9. The maximum atomic E-state index is 13.6. The number of halogens is 1. The molecule has 11 heteroatoms. The lowest BCUT2D eigenvalue weighted by molar-refractivity contribution is -0.139. The van der Waals surface area contributed by atoms with Crippen molar-refractivity contribution in [2.24, 2.45) is 0 Å². The Bertz CT molecular complexity index is 1160. The van der Waals surface area contributed by atoms with Crippen molar-refractivity contribution in [3.8, 4) is 11.5 Å². The van der Waals surface area contributed by atoms with Gasteiger partial charge in [-0.2, -0.15) is 0 Å². The molecule has 9 nitrogen and oxygen atoms in total. The highest BCUT2D eigenvalue weighted by atomic mass is 35.5. The summed E-state index contributed by atoms with van der Waals surface area (Å²) in [5, 5.41) is 3.32. The van der Waals surface area contributed by atoms with Crippen LogP contribution in [0.2, 0.25) is 5.02 Å². The highest BCUT2D eigenvalue weighted by Gasteiger charge is 2.31. The molecular formula is C25H34ClN3O6S. The Morgan fingerprint density at radius 1 is 1.11 bits per heavy atom. The lowest BCUT2D eigenvalue weighted by Gasteiger charge is -2.32. The number of unbranched alkanes of at least 4 members (excludes halogenated alkanes) is 1. The Hall–Kier alpha value is -2.98. The third-order valence-corrected chi connectivity index (χ3v) is 6.94. The lowest BCUT2D eigenvalue weighted by atomic mass is 10.1. The molecule has 0 aliphatic rings. The van der Waals surface area contributed by atoms with E-state index >= 15 is 0 Å². The van der Waals surface area contributed by atoms with Crippen LogP contribution in [0.4, 0.5) is 5.69 Å². The summed E-state index contributed by atoms with van der Waals surface area (Å²) >= 11 is 6.12. The van der Waals surface area contributed by atoms with E-state index in [0.717, 1.165) is 23.4 Å². The van der Waals surface area contributed by atoms with Crippen molar-refractivity contribution >= 4 is 39.1 Å². The lowest BCUT2D eigenvalue weighted by Crippen LogP contribution is -2.51. The van der Waals surface area contributed by atoms with Crippen molar-refractivity contribution in [3.05, 3.63) is 53.1 Å². The van der Waals surface area contributed by atoms with E-state index in [4.69, 9.17) is 21.1 Å². The highest BCUT2D eigenvalue weighted by Crippen LogP contribution is 2.33. The molecule has 1 unspecified atom stereocenters. The molecule has 0 aromatic heterocycles. The van der Waals surface area contributed by atoms with Crippen molar-refractivity contribution in [3.63, 3.8) is 0 Å². The summed E-state index contributed by atoms with van der Waals surface area (Å²) in [7, 11) is -1.02. The van der Waals surface area contributed by atoms with Gasteiger partial charge in [-0.15, -0.1) is 0 Å². The van der Waals surface area contributed by atoms with Gasteiger partial charge >= 0.3 is 0 Å². The minimum absolute atomic E-state index is 0.0686. The van der Waals surface area contributed by atoms with Gasteiger partial charge in [-0.1, -0.05) is 37.1 Å². The second kappa shape index (κ2) is 13.4. The molecule has 0 heterocycles. The molecule has 2 rings (SSSR count). The van der Waals surface area contributed by atoms with Crippen LogP contribution >= 0.6 is 11.6 Å². The largest absolute Gasteiger partial charge is 0.497 e. The van der Waals surface area contributed by atoms with Crippen LogP contribution in [0, 0.1) is 0 Å². The van der Waals surface area contributed by atoms with Gasteiger partial charge in [-0.25, -0.2) is 8.42 Å². The van der Waals surface area contributed by atoms with Crippen molar-refractivity contribution < 1.29 is 27.5 Å². The van der Waals surface area contributed by atoms with Crippen molar-refractivity contribution in [2.45, 2.75) is 39.3 Å². The molecule has 36 heavy (non-hydrogen) atoms. The molecule has 1 atom stereocenters. The number of anilines is 1. The summed E-state index contributed by atoms with van der Waals surface area (Å²) in [6, 6.07) is 10.7. The smallest absolute Gasteiger partial charge is 0.244 e. The van der Waals surface area contributed by atoms with E-state index in [2.05, 4.69) is 5.32 Å². The van der Waals surface area contributed by atoms with E-state index in [9.17, 15) is 18.0 Å². The number of sulfonamides is 1. The fraction of sp³-hybridized carbons (Fsp3) is 0.440. The number of hydrogen-bond donors (Lipinski definition) is 1. The Morgan fingerprint density at radius 3 is 2.42 bits per heavy atom. The molecule has 2 aromatic rings.